The van der Waals surface area contributed by atoms with Gasteiger partial charge in [0.05, 0.1) is 22.7 Å². The Kier molecular flexibility index (Phi) is 6.87. The molecule has 0 amide bonds. The average molecular weight is 610 g/mol. The van der Waals surface area contributed by atoms with Crippen LogP contribution in [-0.2, 0) is 5.75 Å². The average Bonchev–Trinajstić information content (AvgIpc) is 3.66. The lowest BCUT2D eigenvalue weighted by atomic mass is 10.1. The van der Waals surface area contributed by atoms with Gasteiger partial charge in [0.1, 0.15) is 17.9 Å². The van der Waals surface area contributed by atoms with E-state index in [1.807, 2.05) is 23.4 Å². The molecule has 2 aliphatic heterocycles. The van der Waals surface area contributed by atoms with E-state index in [9.17, 15) is 4.79 Å². The molecule has 7 rings (SSSR count). The van der Waals surface area contributed by atoms with Gasteiger partial charge in [0.25, 0.3) is 11.1 Å². The lowest BCUT2D eigenvalue weighted by Crippen LogP contribution is -2.45. The molecule has 1 atom stereocenters. The first-order valence-electron chi connectivity index (χ1n) is 13.4. The van der Waals surface area contributed by atoms with Crippen molar-refractivity contribution in [2.75, 3.05) is 44.7 Å². The summed E-state index contributed by atoms with van der Waals surface area (Å²) in [6, 6.07) is 8.27. The number of benzene rings is 2. The minimum absolute atomic E-state index is 0.0457. The summed E-state index contributed by atoms with van der Waals surface area (Å²) in [5.41, 5.74) is 1.50. The topological polar surface area (TPSA) is 116 Å². The second-order valence-electron chi connectivity index (χ2n) is 10.3. The Hall–Kier alpha value is -3.94. The first kappa shape index (κ1) is 26.9. The number of halogens is 2. The summed E-state index contributed by atoms with van der Waals surface area (Å²) in [7, 11) is 2.04. The fourth-order valence-electron chi connectivity index (χ4n) is 5.21. The van der Waals surface area contributed by atoms with Gasteiger partial charge >= 0.3 is 0 Å². The lowest BCUT2D eigenvalue weighted by Gasteiger charge is -2.37. The van der Waals surface area contributed by atoms with Crippen molar-refractivity contribution in [2.45, 2.75) is 23.9 Å². The number of hydrogen-bond acceptors (Lipinski definition) is 11. The molecular weight excluding hydrogens is 585 g/mol. The molecule has 0 radical (unpaired) electrons. The number of thioether (sulfide) groups is 1. The summed E-state index contributed by atoms with van der Waals surface area (Å²) in [6.45, 7) is 5.28. The highest BCUT2D eigenvalue weighted by atomic mass is 35.5. The second kappa shape index (κ2) is 10.7. The largest absolute Gasteiger partial charge is 0.487 e. The molecule has 1 unspecified atom stereocenters. The molecule has 0 bridgehead atoms. The van der Waals surface area contributed by atoms with Gasteiger partial charge in [-0.1, -0.05) is 23.4 Å². The fraction of sp³-hybridized carbons (Fsp3) is 0.321. The van der Waals surface area contributed by atoms with Crippen LogP contribution in [0.3, 0.4) is 0 Å². The second-order valence-corrected chi connectivity index (χ2v) is 11.7. The molecule has 5 heterocycles. The van der Waals surface area contributed by atoms with Gasteiger partial charge in [-0.25, -0.2) is 4.39 Å². The van der Waals surface area contributed by atoms with Gasteiger partial charge in [0, 0.05) is 43.0 Å². The van der Waals surface area contributed by atoms with E-state index >= 15 is 4.39 Å². The predicted molar refractivity (Wildman–Crippen MR) is 156 cm³/mol. The summed E-state index contributed by atoms with van der Waals surface area (Å²) >= 11 is 7.15. The maximum absolute atomic E-state index is 15.6. The molecule has 42 heavy (non-hydrogen) atoms. The Labute approximate surface area is 248 Å². The number of likely N-dealkylation sites (N-methyl/N-ethyl adjacent to an activating group) is 1. The minimum Gasteiger partial charge on any atom is -0.487 e. The van der Waals surface area contributed by atoms with Gasteiger partial charge in [-0.2, -0.15) is 0 Å². The SMILES string of the molecule is CC1COc2c(N3CCN(C)CC3)c(F)cc3c(=O)c(-c4nnc(SCc5nnc(-c6ccc(Cl)cc6)o5)o4)cn1c23. The molecule has 216 valence electrons. The van der Waals surface area contributed by atoms with Crippen molar-refractivity contribution in [1.29, 1.82) is 0 Å². The normalized spacial score (nSPS) is 17.1. The number of ether oxygens (including phenoxy) is 1. The Balaban J connectivity index is 1.18. The number of pyridine rings is 1. The molecule has 1 fully saturated rings. The Bertz CT molecular complexity index is 1850. The van der Waals surface area contributed by atoms with Gasteiger partial charge in [0.15, 0.2) is 11.6 Å². The minimum atomic E-state index is -0.489. The van der Waals surface area contributed by atoms with E-state index in [4.69, 9.17) is 25.2 Å². The summed E-state index contributed by atoms with van der Waals surface area (Å²) in [4.78, 5) is 17.9. The highest BCUT2D eigenvalue weighted by Crippen LogP contribution is 2.42. The van der Waals surface area contributed by atoms with Crippen LogP contribution in [0.4, 0.5) is 10.1 Å². The summed E-state index contributed by atoms with van der Waals surface area (Å²) < 4.78 is 35.3. The third-order valence-electron chi connectivity index (χ3n) is 7.48. The molecule has 5 aromatic rings. The zero-order chi connectivity index (χ0) is 29.0. The summed E-state index contributed by atoms with van der Waals surface area (Å²) in [5.74, 6) is 0.971. The molecular formula is C28H25ClFN7O4S. The molecule has 1 saturated heterocycles. The van der Waals surface area contributed by atoms with E-state index in [1.165, 1.54) is 17.8 Å². The molecule has 0 aliphatic carbocycles. The van der Waals surface area contributed by atoms with Crippen molar-refractivity contribution in [2.24, 2.45) is 0 Å². The molecule has 11 nitrogen and oxygen atoms in total. The standard InChI is InChI=1S/C28H25ClFN7O4S/c1-15-13-39-25-22-18(11-20(30)23(25)36-9-7-35(2)8-10-36)24(38)19(12-37(15)22)27-33-34-28(41-27)42-14-21-31-32-26(40-21)16-3-5-17(29)6-4-16/h3-6,11-12,15H,7-10,13-14H2,1-2H3. The van der Waals surface area contributed by atoms with Crippen LogP contribution in [0.25, 0.3) is 33.8 Å². The highest BCUT2D eigenvalue weighted by molar-refractivity contribution is 7.98. The monoisotopic (exact) mass is 609 g/mol. The van der Waals surface area contributed by atoms with Crippen molar-refractivity contribution in [1.82, 2.24) is 29.9 Å². The number of anilines is 1. The third kappa shape index (κ3) is 4.80. The number of piperazine rings is 1. The smallest absolute Gasteiger partial charge is 0.277 e. The maximum atomic E-state index is 15.6. The van der Waals surface area contributed by atoms with E-state index < -0.39 is 11.2 Å². The van der Waals surface area contributed by atoms with Crippen molar-refractivity contribution < 1.29 is 18.0 Å². The zero-order valence-corrected chi connectivity index (χ0v) is 24.3. The van der Waals surface area contributed by atoms with E-state index in [0.29, 0.717) is 53.5 Å². The first-order valence-corrected chi connectivity index (χ1v) is 14.7. The van der Waals surface area contributed by atoms with Crippen LogP contribution in [-0.4, -0.2) is 69.7 Å². The van der Waals surface area contributed by atoms with E-state index in [2.05, 4.69) is 25.3 Å². The lowest BCUT2D eigenvalue weighted by molar-refractivity contribution is 0.245. The highest BCUT2D eigenvalue weighted by Gasteiger charge is 2.31. The maximum Gasteiger partial charge on any atom is 0.277 e. The van der Waals surface area contributed by atoms with Crippen molar-refractivity contribution in [3.05, 3.63) is 63.5 Å². The van der Waals surface area contributed by atoms with Gasteiger partial charge < -0.3 is 27.9 Å². The molecule has 0 saturated carbocycles. The van der Waals surface area contributed by atoms with Crippen molar-refractivity contribution in [3.8, 4) is 28.7 Å². The molecule has 0 N–H and O–H groups in total. The summed E-state index contributed by atoms with van der Waals surface area (Å²) in [5, 5.41) is 17.4. The predicted octanol–water partition coefficient (Wildman–Crippen LogP) is 4.89. The van der Waals surface area contributed by atoms with Gasteiger partial charge in [0.2, 0.25) is 17.2 Å². The first-order chi connectivity index (χ1) is 20.4. The Morgan fingerprint density at radius 2 is 1.81 bits per heavy atom. The van der Waals surface area contributed by atoms with Gasteiger partial charge in [-0.05, 0) is 44.3 Å². The number of nitrogens with zero attached hydrogens (tertiary/aromatic N) is 7. The van der Waals surface area contributed by atoms with Crippen molar-refractivity contribution >= 4 is 40.0 Å². The van der Waals surface area contributed by atoms with Crippen LogP contribution in [0.15, 0.2) is 55.4 Å². The molecule has 3 aromatic heterocycles. The van der Waals surface area contributed by atoms with Crippen LogP contribution in [0.1, 0.15) is 18.9 Å². The number of hydrogen-bond donors (Lipinski definition) is 0. The molecule has 2 aliphatic rings. The van der Waals surface area contributed by atoms with Gasteiger partial charge in [-0.15, -0.1) is 20.4 Å². The van der Waals surface area contributed by atoms with Crippen LogP contribution >= 0.6 is 23.4 Å². The molecule has 2 aromatic carbocycles. The van der Waals surface area contributed by atoms with Crippen LogP contribution in [0.2, 0.25) is 5.02 Å². The van der Waals surface area contributed by atoms with Crippen LogP contribution in [0.5, 0.6) is 5.75 Å². The third-order valence-corrected chi connectivity index (χ3v) is 8.53. The van der Waals surface area contributed by atoms with E-state index in [0.717, 1.165) is 18.7 Å². The Morgan fingerprint density at radius 3 is 2.60 bits per heavy atom. The number of aromatic nitrogens is 5. The summed E-state index contributed by atoms with van der Waals surface area (Å²) in [6.07, 6.45) is 1.70. The fourth-order valence-corrected chi connectivity index (χ4v) is 5.94. The van der Waals surface area contributed by atoms with E-state index in [-0.39, 0.29) is 33.9 Å². The quantitative estimate of drug-likeness (QED) is 0.245. The molecule has 0 spiro atoms. The van der Waals surface area contributed by atoms with Gasteiger partial charge in [-0.3, -0.25) is 4.79 Å². The van der Waals surface area contributed by atoms with Crippen LogP contribution < -0.4 is 15.1 Å². The van der Waals surface area contributed by atoms with Crippen LogP contribution in [0, 0.1) is 5.82 Å². The Morgan fingerprint density at radius 1 is 1.05 bits per heavy atom. The molecule has 14 heteroatoms. The number of rotatable bonds is 6. The zero-order valence-electron chi connectivity index (χ0n) is 22.7. The van der Waals surface area contributed by atoms with E-state index in [1.54, 1.807) is 30.5 Å². The van der Waals surface area contributed by atoms with Crippen molar-refractivity contribution in [3.63, 3.8) is 0 Å².